The molecule has 10 heteroatoms. The molecule has 0 fully saturated rings. The number of carbonyl (C=O) groups is 1. The number of aromatic nitrogens is 4. The fourth-order valence-corrected chi connectivity index (χ4v) is 4.36. The third-order valence-electron chi connectivity index (χ3n) is 6.05. The van der Waals surface area contributed by atoms with Gasteiger partial charge in [-0.1, -0.05) is 30.3 Å². The van der Waals surface area contributed by atoms with E-state index < -0.39 is 6.04 Å². The minimum Gasteiger partial charge on any atom is -0.493 e. The van der Waals surface area contributed by atoms with Crippen molar-refractivity contribution in [1.29, 1.82) is 0 Å². The van der Waals surface area contributed by atoms with Crippen molar-refractivity contribution in [2.45, 2.75) is 13.0 Å². The summed E-state index contributed by atoms with van der Waals surface area (Å²) in [5, 5.41) is 11.0. The third kappa shape index (κ3) is 4.44. The van der Waals surface area contributed by atoms with Crippen LogP contribution in [0.3, 0.4) is 0 Å². The number of hydrogen-bond acceptors (Lipinski definition) is 8. The van der Waals surface area contributed by atoms with Gasteiger partial charge in [0.05, 0.1) is 38.8 Å². The standard InChI is InChI=1S/C27H26N6O4/c1-16-22(26(34)30-19-11-8-12-28-15-19)23(17-9-6-5-7-10-17)33-27(29-16)31-25(32-33)18-13-20(35-2)24(37-4)21(14-18)36-3/h5-15,23H,1-4H3,(H,30,34)(H,29,31,32)/t23-/m0/s1. The molecular formula is C27H26N6O4. The van der Waals surface area contributed by atoms with Crippen LogP contribution in [-0.2, 0) is 4.79 Å². The molecule has 0 unspecified atom stereocenters. The number of hydrogen-bond donors (Lipinski definition) is 2. The quantitative estimate of drug-likeness (QED) is 0.388. The minimum atomic E-state index is -0.516. The van der Waals surface area contributed by atoms with Crippen molar-refractivity contribution < 1.29 is 19.0 Å². The monoisotopic (exact) mass is 498 g/mol. The van der Waals surface area contributed by atoms with Gasteiger partial charge in [-0.2, -0.15) is 4.98 Å². The summed E-state index contributed by atoms with van der Waals surface area (Å²) in [6.07, 6.45) is 3.26. The summed E-state index contributed by atoms with van der Waals surface area (Å²) in [6, 6.07) is 16.3. The first-order valence-corrected chi connectivity index (χ1v) is 11.5. The highest BCUT2D eigenvalue weighted by molar-refractivity contribution is 6.05. The molecule has 10 nitrogen and oxygen atoms in total. The molecular weight excluding hydrogens is 472 g/mol. The van der Waals surface area contributed by atoms with E-state index in [4.69, 9.17) is 24.3 Å². The Kier molecular flexibility index (Phi) is 6.46. The Morgan fingerprint density at radius 3 is 2.35 bits per heavy atom. The lowest BCUT2D eigenvalue weighted by atomic mass is 9.95. The Hall–Kier alpha value is -4.86. The molecule has 1 aliphatic heterocycles. The van der Waals surface area contributed by atoms with Crippen LogP contribution in [0.1, 0.15) is 18.5 Å². The number of rotatable bonds is 7. The maximum atomic E-state index is 13.5. The summed E-state index contributed by atoms with van der Waals surface area (Å²) >= 11 is 0. The molecule has 37 heavy (non-hydrogen) atoms. The summed E-state index contributed by atoms with van der Waals surface area (Å²) in [7, 11) is 4.66. The molecule has 0 saturated heterocycles. The Balaban J connectivity index is 1.61. The highest BCUT2D eigenvalue weighted by Crippen LogP contribution is 2.42. The van der Waals surface area contributed by atoms with Gasteiger partial charge in [0.1, 0.15) is 6.04 Å². The first kappa shape index (κ1) is 23.9. The van der Waals surface area contributed by atoms with Gasteiger partial charge in [-0.3, -0.25) is 9.78 Å². The topological polar surface area (TPSA) is 112 Å². The predicted octanol–water partition coefficient (Wildman–Crippen LogP) is 4.29. The third-order valence-corrected chi connectivity index (χ3v) is 6.05. The summed E-state index contributed by atoms with van der Waals surface area (Å²) < 4.78 is 18.2. The van der Waals surface area contributed by atoms with Crippen LogP contribution in [0.15, 0.2) is 78.3 Å². The van der Waals surface area contributed by atoms with Crippen LogP contribution in [0.4, 0.5) is 11.6 Å². The van der Waals surface area contributed by atoms with E-state index in [2.05, 4.69) is 15.6 Å². The van der Waals surface area contributed by atoms with Crippen LogP contribution in [0.2, 0.25) is 0 Å². The zero-order valence-corrected chi connectivity index (χ0v) is 20.9. The van der Waals surface area contributed by atoms with Gasteiger partial charge in [-0.05, 0) is 36.8 Å². The van der Waals surface area contributed by atoms with Gasteiger partial charge >= 0.3 is 0 Å². The number of nitrogens with one attached hydrogen (secondary N) is 2. The van der Waals surface area contributed by atoms with Crippen LogP contribution >= 0.6 is 0 Å². The van der Waals surface area contributed by atoms with E-state index in [9.17, 15) is 4.79 Å². The van der Waals surface area contributed by atoms with Crippen molar-refractivity contribution in [2.75, 3.05) is 32.0 Å². The van der Waals surface area contributed by atoms with E-state index in [1.165, 1.54) is 0 Å². The van der Waals surface area contributed by atoms with Crippen molar-refractivity contribution in [3.8, 4) is 28.6 Å². The molecule has 4 aromatic rings. The number of methoxy groups -OCH3 is 3. The van der Waals surface area contributed by atoms with E-state index in [-0.39, 0.29) is 5.91 Å². The number of allylic oxidation sites excluding steroid dienone is 1. The van der Waals surface area contributed by atoms with Crippen molar-refractivity contribution in [2.24, 2.45) is 0 Å². The van der Waals surface area contributed by atoms with Crippen molar-refractivity contribution in [1.82, 2.24) is 19.7 Å². The van der Waals surface area contributed by atoms with E-state index in [0.29, 0.717) is 51.5 Å². The minimum absolute atomic E-state index is 0.262. The number of nitrogens with zero attached hydrogens (tertiary/aromatic N) is 4. The average Bonchev–Trinajstić information content (AvgIpc) is 3.36. The Morgan fingerprint density at radius 1 is 1.00 bits per heavy atom. The van der Waals surface area contributed by atoms with Gasteiger partial charge in [0.2, 0.25) is 11.7 Å². The van der Waals surface area contributed by atoms with Crippen molar-refractivity contribution >= 4 is 17.5 Å². The zero-order chi connectivity index (χ0) is 25.9. The Labute approximate surface area is 213 Å². The molecule has 0 saturated carbocycles. The number of pyridine rings is 1. The summed E-state index contributed by atoms with van der Waals surface area (Å²) in [4.78, 5) is 22.4. The highest BCUT2D eigenvalue weighted by atomic mass is 16.5. The Morgan fingerprint density at radius 2 is 1.73 bits per heavy atom. The fourth-order valence-electron chi connectivity index (χ4n) is 4.36. The molecule has 0 radical (unpaired) electrons. The maximum absolute atomic E-state index is 13.5. The average molecular weight is 499 g/mol. The number of benzene rings is 2. The molecule has 0 bridgehead atoms. The second kappa shape index (κ2) is 10.0. The lowest BCUT2D eigenvalue weighted by molar-refractivity contribution is -0.113. The normalized spacial score (nSPS) is 14.4. The number of anilines is 2. The largest absolute Gasteiger partial charge is 0.493 e. The molecule has 188 valence electrons. The van der Waals surface area contributed by atoms with Gasteiger partial charge in [0, 0.05) is 17.5 Å². The summed E-state index contributed by atoms with van der Waals surface area (Å²) in [5.74, 6) is 2.13. The smallest absolute Gasteiger partial charge is 0.255 e. The number of carbonyl (C=O) groups excluding carboxylic acids is 1. The summed E-state index contributed by atoms with van der Waals surface area (Å²) in [5.41, 5.74) is 3.35. The first-order valence-electron chi connectivity index (χ1n) is 11.5. The van der Waals surface area contributed by atoms with Crippen LogP contribution in [0.5, 0.6) is 17.2 Å². The molecule has 5 rings (SSSR count). The van der Waals surface area contributed by atoms with Crippen molar-refractivity contribution in [3.05, 3.63) is 83.8 Å². The van der Waals surface area contributed by atoms with Crippen LogP contribution in [-0.4, -0.2) is 47.0 Å². The number of fused-ring (bicyclic) bond motifs is 1. The second-order valence-electron chi connectivity index (χ2n) is 8.29. The SMILES string of the molecule is COc1cc(-c2nc3n(n2)[C@@H](c2ccccc2)C(C(=O)Nc2cccnc2)=C(C)N3)cc(OC)c1OC. The molecule has 1 atom stereocenters. The maximum Gasteiger partial charge on any atom is 0.255 e. The summed E-state index contributed by atoms with van der Waals surface area (Å²) in [6.45, 7) is 1.85. The zero-order valence-electron chi connectivity index (χ0n) is 20.9. The van der Waals surface area contributed by atoms with E-state index in [0.717, 1.165) is 5.56 Å². The van der Waals surface area contributed by atoms with E-state index in [1.807, 2.05) is 37.3 Å². The number of amides is 1. The van der Waals surface area contributed by atoms with Gasteiger partial charge in [0.25, 0.3) is 5.91 Å². The first-order chi connectivity index (χ1) is 18.0. The van der Waals surface area contributed by atoms with Gasteiger partial charge in [-0.15, -0.1) is 5.10 Å². The Bertz CT molecular complexity index is 1440. The van der Waals surface area contributed by atoms with Gasteiger partial charge in [0.15, 0.2) is 17.3 Å². The van der Waals surface area contributed by atoms with Gasteiger partial charge in [-0.25, -0.2) is 4.68 Å². The van der Waals surface area contributed by atoms with Crippen LogP contribution in [0.25, 0.3) is 11.4 Å². The molecule has 1 aliphatic rings. The highest BCUT2D eigenvalue weighted by Gasteiger charge is 2.34. The fraction of sp³-hybridized carbons (Fsp3) is 0.185. The predicted molar refractivity (Wildman–Crippen MR) is 139 cm³/mol. The van der Waals surface area contributed by atoms with Crippen molar-refractivity contribution in [3.63, 3.8) is 0 Å². The molecule has 0 spiro atoms. The molecule has 0 aliphatic carbocycles. The van der Waals surface area contributed by atoms with E-state index >= 15 is 0 Å². The molecule has 2 aromatic carbocycles. The molecule has 1 amide bonds. The van der Waals surface area contributed by atoms with Crippen LogP contribution < -0.4 is 24.8 Å². The lowest BCUT2D eigenvalue weighted by Gasteiger charge is -2.28. The lowest BCUT2D eigenvalue weighted by Crippen LogP contribution is -2.31. The molecule has 2 N–H and O–H groups in total. The van der Waals surface area contributed by atoms with Crippen LogP contribution in [0, 0.1) is 0 Å². The number of ether oxygens (including phenoxy) is 3. The van der Waals surface area contributed by atoms with E-state index in [1.54, 1.807) is 62.7 Å². The second-order valence-corrected chi connectivity index (χ2v) is 8.29. The van der Waals surface area contributed by atoms with Gasteiger partial charge < -0.3 is 24.8 Å². The molecule has 3 heterocycles. The molecule has 2 aromatic heterocycles.